The molecule has 0 heterocycles. The van der Waals surface area contributed by atoms with Gasteiger partial charge in [0.15, 0.2) is 0 Å². The quantitative estimate of drug-likeness (QED) is 0.534. The molecule has 3 N–H and O–H groups in total. The van der Waals surface area contributed by atoms with Gasteiger partial charge in [0.25, 0.3) is 0 Å². The van der Waals surface area contributed by atoms with Crippen molar-refractivity contribution in [3.8, 4) is 0 Å². The molecule has 0 aliphatic heterocycles. The summed E-state index contributed by atoms with van der Waals surface area (Å²) >= 11 is 0. The Bertz CT molecular complexity index is 136. The first-order valence-electron chi connectivity index (χ1n) is 4.14. The zero-order valence-corrected chi connectivity index (χ0v) is 7.58. The molecule has 0 amide bonds. The Morgan fingerprint density at radius 3 is 2.42 bits per heavy atom. The molecule has 0 spiro atoms. The highest BCUT2D eigenvalue weighted by atomic mass is 16.4. The average molecular weight is 175 g/mol. The lowest BCUT2D eigenvalue weighted by Gasteiger charge is -2.20. The fourth-order valence-electron chi connectivity index (χ4n) is 1.03. The van der Waals surface area contributed by atoms with Crippen LogP contribution in [0.3, 0.4) is 0 Å². The van der Waals surface area contributed by atoms with Crippen LogP contribution in [-0.2, 0) is 4.79 Å². The van der Waals surface area contributed by atoms with Crippen LogP contribution < -0.4 is 5.32 Å². The average Bonchev–Trinajstić information content (AvgIpc) is 1.96. The molecule has 0 aromatic heterocycles. The summed E-state index contributed by atoms with van der Waals surface area (Å²) in [5, 5.41) is 19.9. The lowest BCUT2D eigenvalue weighted by molar-refractivity contribution is -0.136. The molecule has 0 saturated heterocycles. The zero-order chi connectivity index (χ0) is 9.56. The van der Waals surface area contributed by atoms with Crippen molar-refractivity contribution in [2.75, 3.05) is 13.2 Å². The van der Waals surface area contributed by atoms with E-state index in [1.807, 2.05) is 13.8 Å². The van der Waals surface area contributed by atoms with Gasteiger partial charge < -0.3 is 15.5 Å². The van der Waals surface area contributed by atoms with Crippen molar-refractivity contribution < 1.29 is 15.0 Å². The van der Waals surface area contributed by atoms with Crippen molar-refractivity contribution >= 4 is 5.97 Å². The topological polar surface area (TPSA) is 69.6 Å². The lowest BCUT2D eigenvalue weighted by Crippen LogP contribution is -2.38. The maximum Gasteiger partial charge on any atom is 0.317 e. The molecule has 12 heavy (non-hydrogen) atoms. The van der Waals surface area contributed by atoms with Crippen LogP contribution in [-0.4, -0.2) is 35.4 Å². The zero-order valence-electron chi connectivity index (χ0n) is 7.58. The number of carbonyl (C=O) groups is 1. The predicted octanol–water partition coefficient (Wildman–Crippen LogP) is 0.0676. The van der Waals surface area contributed by atoms with E-state index >= 15 is 0 Å². The van der Waals surface area contributed by atoms with Gasteiger partial charge in [0.2, 0.25) is 0 Å². The normalized spacial score (nSPS) is 13.3. The fraction of sp³-hybridized carbons (Fsp3) is 0.875. The smallest absolute Gasteiger partial charge is 0.317 e. The van der Waals surface area contributed by atoms with Crippen LogP contribution in [0.5, 0.6) is 0 Å². The molecule has 0 aromatic rings. The summed E-state index contributed by atoms with van der Waals surface area (Å²) < 4.78 is 0. The summed E-state index contributed by atoms with van der Waals surface area (Å²) in [6, 6.07) is 0.0890. The van der Waals surface area contributed by atoms with Crippen molar-refractivity contribution in [1.29, 1.82) is 0 Å². The Balaban J connectivity index is 3.70. The molecule has 0 aromatic carbocycles. The Labute approximate surface area is 72.6 Å². The van der Waals surface area contributed by atoms with Gasteiger partial charge >= 0.3 is 5.97 Å². The second kappa shape index (κ2) is 5.97. The predicted molar refractivity (Wildman–Crippen MR) is 46.0 cm³/mol. The summed E-state index contributed by atoms with van der Waals surface area (Å²) in [6.45, 7) is 4.04. The molecule has 4 heteroatoms. The Hall–Kier alpha value is -0.610. The highest BCUT2D eigenvalue weighted by Gasteiger charge is 2.12. The Morgan fingerprint density at radius 1 is 1.50 bits per heavy atom. The molecule has 0 fully saturated rings. The van der Waals surface area contributed by atoms with Crippen LogP contribution >= 0.6 is 0 Å². The van der Waals surface area contributed by atoms with Crippen LogP contribution in [0, 0.1) is 5.92 Å². The molecular weight excluding hydrogens is 158 g/mol. The van der Waals surface area contributed by atoms with Gasteiger partial charge in [-0.25, -0.2) is 0 Å². The van der Waals surface area contributed by atoms with Crippen LogP contribution in [0.2, 0.25) is 0 Å². The van der Waals surface area contributed by atoms with Crippen molar-refractivity contribution in [1.82, 2.24) is 5.32 Å². The van der Waals surface area contributed by atoms with Gasteiger partial charge in [-0.3, -0.25) is 4.79 Å². The van der Waals surface area contributed by atoms with Crippen LogP contribution in [0.4, 0.5) is 0 Å². The minimum atomic E-state index is -0.862. The van der Waals surface area contributed by atoms with Gasteiger partial charge in [-0.05, 0) is 12.3 Å². The molecule has 0 aliphatic rings. The van der Waals surface area contributed by atoms with E-state index in [4.69, 9.17) is 10.2 Å². The maximum absolute atomic E-state index is 10.2. The molecule has 4 nitrogen and oxygen atoms in total. The van der Waals surface area contributed by atoms with E-state index in [1.165, 1.54) is 0 Å². The molecule has 0 bridgehead atoms. The fourth-order valence-corrected chi connectivity index (χ4v) is 1.03. The van der Waals surface area contributed by atoms with E-state index in [-0.39, 0.29) is 19.2 Å². The molecule has 0 saturated carbocycles. The number of rotatable bonds is 6. The number of aliphatic hydroxyl groups excluding tert-OH is 1. The molecule has 72 valence electrons. The third-order valence-electron chi connectivity index (χ3n) is 1.76. The number of carboxylic acid groups (broad SMARTS) is 1. The number of hydrogen-bond acceptors (Lipinski definition) is 3. The number of aliphatic hydroxyl groups is 1. The van der Waals surface area contributed by atoms with E-state index in [1.54, 1.807) is 0 Å². The van der Waals surface area contributed by atoms with Crippen LogP contribution in [0.15, 0.2) is 0 Å². The third-order valence-corrected chi connectivity index (χ3v) is 1.76. The van der Waals surface area contributed by atoms with Gasteiger partial charge in [-0.2, -0.15) is 0 Å². The minimum absolute atomic E-state index is 0.0388. The van der Waals surface area contributed by atoms with Crippen LogP contribution in [0.25, 0.3) is 0 Å². The summed E-state index contributed by atoms with van der Waals surface area (Å²) in [4.78, 5) is 10.2. The molecule has 0 aliphatic carbocycles. The van der Waals surface area contributed by atoms with Gasteiger partial charge in [0.1, 0.15) is 0 Å². The summed E-state index contributed by atoms with van der Waals surface area (Å²) in [6.07, 6.45) is 0.602. The van der Waals surface area contributed by atoms with Crippen molar-refractivity contribution in [3.05, 3.63) is 0 Å². The number of carboxylic acids is 1. The number of hydrogen-bond donors (Lipinski definition) is 3. The third kappa shape index (κ3) is 5.09. The van der Waals surface area contributed by atoms with Crippen LogP contribution in [0.1, 0.15) is 20.3 Å². The van der Waals surface area contributed by atoms with E-state index < -0.39 is 5.97 Å². The summed E-state index contributed by atoms with van der Waals surface area (Å²) in [7, 11) is 0. The maximum atomic E-state index is 10.2. The highest BCUT2D eigenvalue weighted by molar-refractivity contribution is 5.69. The van der Waals surface area contributed by atoms with Gasteiger partial charge in [-0.1, -0.05) is 13.8 Å². The van der Waals surface area contributed by atoms with E-state index in [9.17, 15) is 4.79 Å². The van der Waals surface area contributed by atoms with E-state index in [0.29, 0.717) is 12.3 Å². The van der Waals surface area contributed by atoms with Gasteiger partial charge in [0, 0.05) is 12.6 Å². The monoisotopic (exact) mass is 175 g/mol. The largest absolute Gasteiger partial charge is 0.480 e. The second-order valence-electron chi connectivity index (χ2n) is 3.14. The standard InChI is InChI=1S/C8H17NO3/c1-6(2)7(3-4-10)9-5-8(11)12/h6-7,9-10H,3-5H2,1-2H3,(H,11,12). The molecular formula is C8H17NO3. The lowest BCUT2D eigenvalue weighted by atomic mass is 10.0. The molecule has 0 rings (SSSR count). The van der Waals surface area contributed by atoms with Crippen molar-refractivity contribution in [2.24, 2.45) is 5.92 Å². The first-order chi connectivity index (χ1) is 5.57. The SMILES string of the molecule is CC(C)C(CCO)NCC(=O)O. The Kier molecular flexibility index (Phi) is 5.66. The molecule has 1 unspecified atom stereocenters. The first-order valence-corrected chi connectivity index (χ1v) is 4.14. The summed E-state index contributed by atoms with van der Waals surface area (Å²) in [5.74, 6) is -0.518. The first kappa shape index (κ1) is 11.4. The number of nitrogens with one attached hydrogen (secondary N) is 1. The second-order valence-corrected chi connectivity index (χ2v) is 3.14. The van der Waals surface area contributed by atoms with Crippen molar-refractivity contribution in [2.45, 2.75) is 26.3 Å². The highest BCUT2D eigenvalue weighted by Crippen LogP contribution is 2.04. The Morgan fingerprint density at radius 2 is 2.08 bits per heavy atom. The van der Waals surface area contributed by atoms with Gasteiger partial charge in [0.05, 0.1) is 6.54 Å². The van der Waals surface area contributed by atoms with Crippen molar-refractivity contribution in [3.63, 3.8) is 0 Å². The minimum Gasteiger partial charge on any atom is -0.480 e. The molecule has 0 radical (unpaired) electrons. The molecule has 1 atom stereocenters. The van der Waals surface area contributed by atoms with E-state index in [0.717, 1.165) is 0 Å². The number of aliphatic carboxylic acids is 1. The van der Waals surface area contributed by atoms with E-state index in [2.05, 4.69) is 5.32 Å². The summed E-state index contributed by atoms with van der Waals surface area (Å²) in [5.41, 5.74) is 0. The van der Waals surface area contributed by atoms with Gasteiger partial charge in [-0.15, -0.1) is 0 Å².